The van der Waals surface area contributed by atoms with Crippen LogP contribution in [0.5, 0.6) is 11.5 Å². The van der Waals surface area contributed by atoms with Gasteiger partial charge in [0.25, 0.3) is 0 Å². The molecule has 2 aromatic rings. The Morgan fingerprint density at radius 2 is 1.86 bits per heavy atom. The number of aliphatic hydroxyl groups excluding tert-OH is 1. The highest BCUT2D eigenvalue weighted by molar-refractivity contribution is 5.94. The third-order valence-electron chi connectivity index (χ3n) is 5.39. The predicted octanol–water partition coefficient (Wildman–Crippen LogP) is 3.15. The fraction of sp³-hybridized carbons (Fsp3) is 0.538. The summed E-state index contributed by atoms with van der Waals surface area (Å²) >= 11 is 0. The first kappa shape index (κ1) is 26.7. The van der Waals surface area contributed by atoms with Crippen LogP contribution in [-0.4, -0.2) is 81.1 Å². The molecule has 4 N–H and O–H groups in total. The predicted molar refractivity (Wildman–Crippen MR) is 141 cm³/mol. The van der Waals surface area contributed by atoms with Gasteiger partial charge in [-0.05, 0) is 52.9 Å². The Labute approximate surface area is 208 Å². The zero-order chi connectivity index (χ0) is 25.4. The molecule has 1 aromatic carbocycles. The molecule has 192 valence electrons. The van der Waals surface area contributed by atoms with Gasteiger partial charge >= 0.3 is 0 Å². The molecule has 1 atom stereocenters. The van der Waals surface area contributed by atoms with Crippen molar-refractivity contribution < 1.29 is 19.3 Å². The monoisotopic (exact) mass is 485 g/mol. The smallest absolute Gasteiger partial charge is 0.137 e. The van der Waals surface area contributed by atoms with E-state index in [0.717, 1.165) is 35.6 Å². The van der Waals surface area contributed by atoms with Gasteiger partial charge in [-0.3, -0.25) is 0 Å². The zero-order valence-corrected chi connectivity index (χ0v) is 21.4. The molecule has 1 unspecified atom stereocenters. The lowest BCUT2D eigenvalue weighted by Crippen LogP contribution is -2.37. The number of nitrogens with zero attached hydrogens (tertiary/aromatic N) is 2. The van der Waals surface area contributed by atoms with Crippen LogP contribution in [-0.2, 0) is 4.74 Å². The molecule has 0 saturated carbocycles. The average molecular weight is 486 g/mol. The molecular formula is C26H39N5O4. The number of hydrogen-bond acceptors (Lipinski definition) is 9. The second-order valence-corrected chi connectivity index (χ2v) is 9.21. The summed E-state index contributed by atoms with van der Waals surface area (Å²) in [6.45, 7) is 11.4. The number of anilines is 2. The Morgan fingerprint density at radius 1 is 1.14 bits per heavy atom. The van der Waals surface area contributed by atoms with Crippen molar-refractivity contribution >= 4 is 17.7 Å². The lowest BCUT2D eigenvalue weighted by molar-refractivity contribution is 0.108. The molecule has 9 nitrogen and oxygen atoms in total. The van der Waals surface area contributed by atoms with Crippen LogP contribution >= 0.6 is 0 Å². The highest BCUT2D eigenvalue weighted by Crippen LogP contribution is 2.35. The standard InChI is InChI=1S/C26H39N5O4/c1-17(2)29-26-23(14-27)25(31-6-8-33-9-7-31)13-24(30-26)19-10-21(34-16-20(32)15-28-5)12-22(11-19)35-18(3)4/h10-14,17-18,20,27-28,32H,6-9,15-16H2,1-5H3,(H,29,30). The largest absolute Gasteiger partial charge is 0.491 e. The fourth-order valence-electron chi connectivity index (χ4n) is 3.91. The number of rotatable bonds is 12. The maximum absolute atomic E-state index is 10.1. The minimum Gasteiger partial charge on any atom is -0.491 e. The number of hydrogen-bond donors (Lipinski definition) is 4. The zero-order valence-electron chi connectivity index (χ0n) is 21.4. The van der Waals surface area contributed by atoms with E-state index in [0.29, 0.717) is 37.1 Å². The Morgan fingerprint density at radius 3 is 2.49 bits per heavy atom. The number of nitrogens with one attached hydrogen (secondary N) is 3. The molecule has 1 aromatic heterocycles. The van der Waals surface area contributed by atoms with Gasteiger partial charge in [0.15, 0.2) is 0 Å². The van der Waals surface area contributed by atoms with Crippen molar-refractivity contribution in [2.45, 2.75) is 45.9 Å². The van der Waals surface area contributed by atoms with Crippen LogP contribution in [0.2, 0.25) is 0 Å². The Kier molecular flexibility index (Phi) is 9.71. The highest BCUT2D eigenvalue weighted by atomic mass is 16.5. The first-order valence-electron chi connectivity index (χ1n) is 12.2. The molecule has 0 bridgehead atoms. The second-order valence-electron chi connectivity index (χ2n) is 9.21. The lowest BCUT2D eigenvalue weighted by atomic mass is 10.1. The first-order chi connectivity index (χ1) is 16.8. The van der Waals surface area contributed by atoms with Crippen LogP contribution in [0, 0.1) is 5.41 Å². The average Bonchev–Trinajstić information content (AvgIpc) is 2.82. The molecule has 0 radical (unpaired) electrons. The van der Waals surface area contributed by atoms with Crippen molar-refractivity contribution in [1.29, 1.82) is 5.41 Å². The lowest BCUT2D eigenvalue weighted by Gasteiger charge is -2.31. The Hall–Kier alpha value is -2.88. The first-order valence-corrected chi connectivity index (χ1v) is 12.2. The van der Waals surface area contributed by atoms with Crippen molar-refractivity contribution in [2.75, 3.05) is 56.7 Å². The van der Waals surface area contributed by atoms with Crippen LogP contribution in [0.3, 0.4) is 0 Å². The van der Waals surface area contributed by atoms with Gasteiger partial charge in [0, 0.05) is 43.5 Å². The molecule has 1 aliphatic rings. The molecule has 35 heavy (non-hydrogen) atoms. The van der Waals surface area contributed by atoms with Crippen molar-refractivity contribution in [3.05, 3.63) is 29.8 Å². The Balaban J connectivity index is 2.07. The minimum atomic E-state index is -0.627. The van der Waals surface area contributed by atoms with Crippen molar-refractivity contribution in [3.8, 4) is 22.8 Å². The van der Waals surface area contributed by atoms with E-state index < -0.39 is 6.10 Å². The number of morpholine rings is 1. The van der Waals surface area contributed by atoms with E-state index in [1.807, 2.05) is 38.1 Å². The topological polar surface area (TPSA) is 112 Å². The van der Waals surface area contributed by atoms with Crippen LogP contribution in [0.4, 0.5) is 11.5 Å². The number of benzene rings is 1. The SMILES string of the molecule is CNCC(O)COc1cc(OC(C)C)cc(-c2cc(N3CCOCC3)c(C=N)c(NC(C)C)n2)c1. The van der Waals surface area contributed by atoms with Gasteiger partial charge in [0.1, 0.15) is 30.0 Å². The molecule has 9 heteroatoms. The third kappa shape index (κ3) is 7.55. The maximum atomic E-state index is 10.1. The van der Waals surface area contributed by atoms with Gasteiger partial charge in [-0.1, -0.05) is 0 Å². The van der Waals surface area contributed by atoms with E-state index in [1.165, 1.54) is 6.21 Å². The number of pyridine rings is 1. The van der Waals surface area contributed by atoms with E-state index in [2.05, 4.69) is 29.4 Å². The number of ether oxygens (including phenoxy) is 3. The van der Waals surface area contributed by atoms with Crippen molar-refractivity contribution in [1.82, 2.24) is 10.3 Å². The van der Waals surface area contributed by atoms with E-state index in [9.17, 15) is 5.11 Å². The normalized spacial score (nSPS) is 14.8. The van der Waals surface area contributed by atoms with Gasteiger partial charge in [-0.2, -0.15) is 0 Å². The summed E-state index contributed by atoms with van der Waals surface area (Å²) in [5.41, 5.74) is 3.28. The van der Waals surface area contributed by atoms with Crippen LogP contribution in [0.15, 0.2) is 24.3 Å². The molecule has 2 heterocycles. The van der Waals surface area contributed by atoms with Gasteiger partial charge in [-0.25, -0.2) is 4.98 Å². The molecule has 0 aliphatic carbocycles. The van der Waals surface area contributed by atoms with Gasteiger partial charge in [0.2, 0.25) is 0 Å². The highest BCUT2D eigenvalue weighted by Gasteiger charge is 2.21. The summed E-state index contributed by atoms with van der Waals surface area (Å²) in [6.07, 6.45) is 0.726. The second kappa shape index (κ2) is 12.7. The summed E-state index contributed by atoms with van der Waals surface area (Å²) < 4.78 is 17.5. The van der Waals surface area contributed by atoms with Gasteiger partial charge < -0.3 is 40.3 Å². The molecule has 1 fully saturated rings. The molecule has 1 saturated heterocycles. The van der Waals surface area contributed by atoms with E-state index in [-0.39, 0.29) is 18.8 Å². The van der Waals surface area contributed by atoms with Gasteiger partial charge in [-0.15, -0.1) is 0 Å². The van der Waals surface area contributed by atoms with E-state index in [1.54, 1.807) is 7.05 Å². The van der Waals surface area contributed by atoms with Crippen LogP contribution in [0.25, 0.3) is 11.3 Å². The molecule has 0 spiro atoms. The number of aromatic nitrogens is 1. The van der Waals surface area contributed by atoms with Crippen LogP contribution < -0.4 is 25.0 Å². The fourth-order valence-corrected chi connectivity index (χ4v) is 3.91. The molecular weight excluding hydrogens is 446 g/mol. The van der Waals surface area contributed by atoms with Crippen LogP contribution in [0.1, 0.15) is 33.3 Å². The number of aliphatic hydroxyl groups is 1. The summed E-state index contributed by atoms with van der Waals surface area (Å²) in [4.78, 5) is 7.14. The van der Waals surface area contributed by atoms with Crippen molar-refractivity contribution in [2.24, 2.45) is 0 Å². The summed E-state index contributed by atoms with van der Waals surface area (Å²) in [6, 6.07) is 7.86. The van der Waals surface area contributed by atoms with Crippen molar-refractivity contribution in [3.63, 3.8) is 0 Å². The quantitative estimate of drug-likeness (QED) is 0.339. The van der Waals surface area contributed by atoms with Gasteiger partial charge in [0.05, 0.1) is 36.3 Å². The third-order valence-corrected chi connectivity index (χ3v) is 5.39. The summed E-state index contributed by atoms with van der Waals surface area (Å²) in [5.74, 6) is 1.92. The molecule has 1 aliphatic heterocycles. The summed E-state index contributed by atoms with van der Waals surface area (Å²) in [7, 11) is 1.79. The van der Waals surface area contributed by atoms with E-state index >= 15 is 0 Å². The summed E-state index contributed by atoms with van der Waals surface area (Å²) in [5, 5.41) is 24.6. The maximum Gasteiger partial charge on any atom is 0.137 e. The minimum absolute atomic E-state index is 0.0108. The molecule has 0 amide bonds. The van der Waals surface area contributed by atoms with E-state index in [4.69, 9.17) is 24.6 Å². The molecule has 3 rings (SSSR count). The Bertz CT molecular complexity index is 976. The number of likely N-dealkylation sites (N-methyl/N-ethyl adjacent to an activating group) is 1.